The molecule has 0 N–H and O–H groups in total. The maximum absolute atomic E-state index is 13.1. The van der Waals surface area contributed by atoms with Gasteiger partial charge in [-0.1, -0.05) is 36.4 Å². The molecule has 0 spiro atoms. The highest BCUT2D eigenvalue weighted by Gasteiger charge is 2.45. The van der Waals surface area contributed by atoms with Crippen LogP contribution in [-0.4, -0.2) is 63.7 Å². The standard InChI is InChI=1S/C30H34O9/c1-30(2)38-24-15-10-13-21-17-22(34-4)18-25(36-19-33-3)26(21)29(32)35-16-9-8-14-23(27(24)39-30)37-28(31)20-11-6-5-7-12-20/h5-8,10-14,17-18,23-24,27H,9,15-16,19H2,1-4H3/t23?,24-,27?/m0/s1. The minimum absolute atomic E-state index is 0.0492. The van der Waals surface area contributed by atoms with Crippen molar-refractivity contribution in [3.63, 3.8) is 0 Å². The van der Waals surface area contributed by atoms with Crippen molar-refractivity contribution in [3.05, 3.63) is 77.4 Å². The quantitative estimate of drug-likeness (QED) is 0.288. The Kier molecular flexibility index (Phi) is 9.40. The molecule has 39 heavy (non-hydrogen) atoms. The Morgan fingerprint density at radius 1 is 1.08 bits per heavy atom. The molecule has 0 bridgehead atoms. The van der Waals surface area contributed by atoms with Crippen molar-refractivity contribution in [1.29, 1.82) is 0 Å². The van der Waals surface area contributed by atoms with Crippen LogP contribution in [0.3, 0.4) is 0 Å². The fourth-order valence-corrected chi connectivity index (χ4v) is 4.47. The van der Waals surface area contributed by atoms with Gasteiger partial charge >= 0.3 is 11.9 Å². The predicted octanol–water partition coefficient (Wildman–Crippen LogP) is 4.94. The minimum Gasteiger partial charge on any atom is -0.497 e. The monoisotopic (exact) mass is 538 g/mol. The Balaban J connectivity index is 1.67. The van der Waals surface area contributed by atoms with Gasteiger partial charge in [0.15, 0.2) is 12.6 Å². The van der Waals surface area contributed by atoms with Gasteiger partial charge in [-0.05, 0) is 56.5 Å². The van der Waals surface area contributed by atoms with Crippen LogP contribution in [0.25, 0.3) is 6.08 Å². The first-order valence-corrected chi connectivity index (χ1v) is 12.8. The van der Waals surface area contributed by atoms with Gasteiger partial charge in [0, 0.05) is 13.2 Å². The number of hydrogen-bond acceptors (Lipinski definition) is 9. The van der Waals surface area contributed by atoms with Crippen molar-refractivity contribution in [3.8, 4) is 11.5 Å². The number of rotatable bonds is 6. The summed E-state index contributed by atoms with van der Waals surface area (Å²) in [6, 6.07) is 12.1. The second kappa shape index (κ2) is 12.9. The summed E-state index contributed by atoms with van der Waals surface area (Å²) >= 11 is 0. The zero-order valence-corrected chi connectivity index (χ0v) is 22.6. The molecule has 4 rings (SSSR count). The van der Waals surface area contributed by atoms with Gasteiger partial charge < -0.3 is 33.2 Å². The fourth-order valence-electron chi connectivity index (χ4n) is 4.47. The fraction of sp³-hybridized carbons (Fsp3) is 0.400. The summed E-state index contributed by atoms with van der Waals surface area (Å²) in [6.07, 6.45) is 6.32. The first-order chi connectivity index (χ1) is 18.8. The van der Waals surface area contributed by atoms with E-state index in [9.17, 15) is 9.59 Å². The number of benzene rings is 2. The lowest BCUT2D eigenvalue weighted by atomic mass is 10.0. The normalized spacial score (nSPS) is 22.7. The average Bonchev–Trinajstić information content (AvgIpc) is 3.24. The van der Waals surface area contributed by atoms with Gasteiger partial charge in [0.05, 0.1) is 25.4 Å². The lowest BCUT2D eigenvalue weighted by molar-refractivity contribution is -0.152. The molecule has 0 radical (unpaired) electrons. The van der Waals surface area contributed by atoms with Gasteiger partial charge in [-0.3, -0.25) is 0 Å². The van der Waals surface area contributed by atoms with E-state index in [2.05, 4.69) is 0 Å². The van der Waals surface area contributed by atoms with Gasteiger partial charge in [-0.15, -0.1) is 0 Å². The number of fused-ring (bicyclic) bond motifs is 2. The van der Waals surface area contributed by atoms with Crippen LogP contribution in [0.4, 0.5) is 0 Å². The maximum Gasteiger partial charge on any atom is 0.342 e. The van der Waals surface area contributed by atoms with Crippen LogP contribution in [0.5, 0.6) is 11.5 Å². The molecule has 1 fully saturated rings. The van der Waals surface area contributed by atoms with Crippen molar-refractivity contribution in [2.75, 3.05) is 27.6 Å². The van der Waals surface area contributed by atoms with E-state index in [1.54, 1.807) is 54.6 Å². The van der Waals surface area contributed by atoms with Crippen LogP contribution in [0.1, 0.15) is 53.0 Å². The molecule has 0 amide bonds. The van der Waals surface area contributed by atoms with Gasteiger partial charge in [-0.2, -0.15) is 0 Å². The van der Waals surface area contributed by atoms with Crippen molar-refractivity contribution in [2.45, 2.75) is 50.8 Å². The van der Waals surface area contributed by atoms with Crippen LogP contribution in [0.15, 0.2) is 60.7 Å². The number of carbonyl (C=O) groups excluding carboxylic acids is 2. The summed E-state index contributed by atoms with van der Waals surface area (Å²) in [5.41, 5.74) is 1.26. The van der Waals surface area contributed by atoms with Gasteiger partial charge in [0.1, 0.15) is 29.3 Å². The topological polar surface area (TPSA) is 98.8 Å². The Morgan fingerprint density at radius 2 is 1.87 bits per heavy atom. The SMILES string of the molecule is COCOc1cc(OC)cc2c1C(=O)OCCC=CC(OC(=O)c1ccccc1)C1OC(C)(C)O[C@H]1CC=C2. The molecule has 2 aliphatic rings. The summed E-state index contributed by atoms with van der Waals surface area (Å²) in [6.45, 7) is 3.70. The molecule has 2 aromatic carbocycles. The molecular weight excluding hydrogens is 504 g/mol. The molecule has 0 aliphatic carbocycles. The smallest absolute Gasteiger partial charge is 0.342 e. The third kappa shape index (κ3) is 7.26. The predicted molar refractivity (Wildman–Crippen MR) is 143 cm³/mol. The molecule has 2 unspecified atom stereocenters. The summed E-state index contributed by atoms with van der Waals surface area (Å²) in [5.74, 6) is -1.10. The highest BCUT2D eigenvalue weighted by Crippen LogP contribution is 2.35. The van der Waals surface area contributed by atoms with Crippen LogP contribution < -0.4 is 9.47 Å². The first-order valence-electron chi connectivity index (χ1n) is 12.8. The van der Waals surface area contributed by atoms with E-state index in [1.165, 1.54) is 14.2 Å². The minimum atomic E-state index is -0.885. The van der Waals surface area contributed by atoms with E-state index < -0.39 is 36.0 Å². The van der Waals surface area contributed by atoms with E-state index in [-0.39, 0.29) is 24.7 Å². The largest absolute Gasteiger partial charge is 0.497 e. The third-order valence-electron chi connectivity index (χ3n) is 6.19. The van der Waals surface area contributed by atoms with E-state index in [0.29, 0.717) is 29.7 Å². The molecular formula is C30H34O9. The van der Waals surface area contributed by atoms with Crippen LogP contribution in [0.2, 0.25) is 0 Å². The second-order valence-electron chi connectivity index (χ2n) is 9.51. The molecule has 9 heteroatoms. The number of methoxy groups -OCH3 is 2. The van der Waals surface area contributed by atoms with E-state index in [4.69, 9.17) is 33.2 Å². The van der Waals surface area contributed by atoms with Crippen LogP contribution in [0, 0.1) is 0 Å². The zero-order chi connectivity index (χ0) is 27.8. The molecule has 9 nitrogen and oxygen atoms in total. The molecule has 1 saturated heterocycles. The number of hydrogen-bond donors (Lipinski definition) is 0. The maximum atomic E-state index is 13.1. The van der Waals surface area contributed by atoms with E-state index in [1.807, 2.05) is 26.0 Å². The third-order valence-corrected chi connectivity index (χ3v) is 6.19. The second-order valence-corrected chi connectivity index (χ2v) is 9.51. The summed E-state index contributed by atoms with van der Waals surface area (Å²) in [4.78, 5) is 26.1. The van der Waals surface area contributed by atoms with Gasteiger partial charge in [0.2, 0.25) is 0 Å². The lowest BCUT2D eigenvalue weighted by Crippen LogP contribution is -2.37. The molecule has 208 valence electrons. The van der Waals surface area contributed by atoms with Gasteiger partial charge in [0.25, 0.3) is 0 Å². The molecule has 2 aliphatic heterocycles. The molecule has 2 aromatic rings. The highest BCUT2D eigenvalue weighted by molar-refractivity contribution is 5.97. The number of carbonyl (C=O) groups is 2. The van der Waals surface area contributed by atoms with Gasteiger partial charge in [-0.25, -0.2) is 9.59 Å². The van der Waals surface area contributed by atoms with Crippen molar-refractivity contribution < 1.29 is 42.7 Å². The Hall–Kier alpha value is -3.66. The highest BCUT2D eigenvalue weighted by atomic mass is 16.8. The van der Waals surface area contributed by atoms with Crippen molar-refractivity contribution in [2.24, 2.45) is 0 Å². The molecule has 2 heterocycles. The van der Waals surface area contributed by atoms with E-state index >= 15 is 0 Å². The molecule has 0 saturated carbocycles. The van der Waals surface area contributed by atoms with E-state index in [0.717, 1.165) is 0 Å². The lowest BCUT2D eigenvalue weighted by Gasteiger charge is -2.24. The van der Waals surface area contributed by atoms with Crippen molar-refractivity contribution >= 4 is 18.0 Å². The van der Waals surface area contributed by atoms with Crippen LogP contribution in [-0.2, 0) is 23.7 Å². The molecule has 3 atom stereocenters. The Bertz CT molecular complexity index is 1200. The van der Waals surface area contributed by atoms with Crippen LogP contribution >= 0.6 is 0 Å². The summed E-state index contributed by atoms with van der Waals surface area (Å²) < 4.78 is 40.0. The molecule has 0 aromatic heterocycles. The number of esters is 2. The summed E-state index contributed by atoms with van der Waals surface area (Å²) in [7, 11) is 3.03. The Labute approximate surface area is 228 Å². The number of ether oxygens (including phenoxy) is 7. The van der Waals surface area contributed by atoms with Crippen molar-refractivity contribution in [1.82, 2.24) is 0 Å². The zero-order valence-electron chi connectivity index (χ0n) is 22.6. The average molecular weight is 539 g/mol. The Morgan fingerprint density at radius 3 is 2.62 bits per heavy atom. The first kappa shape index (κ1) is 28.4. The summed E-state index contributed by atoms with van der Waals surface area (Å²) in [5, 5.41) is 0. The number of cyclic esters (lactones) is 1.